The minimum Gasteiger partial charge on any atom is -0.258 e. The SMILES string of the molecule is CS(=O)(=O)N1CC(=Cc2ccc([N+](=O)[O-])cc2)C1. The minimum absolute atomic E-state index is 0.0449. The van der Waals surface area contributed by atoms with E-state index in [1.165, 1.54) is 22.7 Å². The van der Waals surface area contributed by atoms with E-state index in [-0.39, 0.29) is 5.69 Å². The highest BCUT2D eigenvalue weighted by molar-refractivity contribution is 7.88. The molecule has 0 amide bonds. The third kappa shape index (κ3) is 2.74. The largest absolute Gasteiger partial charge is 0.269 e. The van der Waals surface area contributed by atoms with Crippen molar-refractivity contribution in [2.24, 2.45) is 0 Å². The van der Waals surface area contributed by atoms with Crippen molar-refractivity contribution in [3.63, 3.8) is 0 Å². The summed E-state index contributed by atoms with van der Waals surface area (Å²) in [6.07, 6.45) is 3.03. The Hall–Kier alpha value is -1.73. The number of rotatable bonds is 3. The Bertz CT molecular complexity index is 596. The van der Waals surface area contributed by atoms with Crippen LogP contribution >= 0.6 is 0 Å². The summed E-state index contributed by atoms with van der Waals surface area (Å²) in [6.45, 7) is 0.797. The van der Waals surface area contributed by atoms with Gasteiger partial charge in [-0.15, -0.1) is 0 Å². The lowest BCUT2D eigenvalue weighted by molar-refractivity contribution is -0.384. The molecule has 1 heterocycles. The molecule has 0 bridgehead atoms. The Morgan fingerprint density at radius 2 is 1.83 bits per heavy atom. The normalized spacial score (nSPS) is 16.2. The van der Waals surface area contributed by atoms with Crippen molar-refractivity contribution in [2.45, 2.75) is 0 Å². The van der Waals surface area contributed by atoms with Crippen molar-refractivity contribution in [2.75, 3.05) is 19.3 Å². The average molecular weight is 268 g/mol. The third-order valence-corrected chi connectivity index (χ3v) is 3.90. The Kier molecular flexibility index (Phi) is 3.18. The van der Waals surface area contributed by atoms with Crippen LogP contribution in [0.25, 0.3) is 6.08 Å². The maximum atomic E-state index is 11.2. The fraction of sp³-hybridized carbons (Fsp3) is 0.273. The van der Waals surface area contributed by atoms with E-state index in [1.807, 2.05) is 6.08 Å². The molecule has 0 saturated carbocycles. The molecule has 2 rings (SSSR count). The summed E-state index contributed by atoms with van der Waals surface area (Å²) in [7, 11) is -3.11. The number of non-ortho nitro benzene ring substituents is 1. The van der Waals surface area contributed by atoms with Crippen LogP contribution in [0.15, 0.2) is 29.8 Å². The molecule has 96 valence electrons. The zero-order chi connectivity index (χ0) is 13.3. The second-order valence-electron chi connectivity index (χ2n) is 4.18. The van der Waals surface area contributed by atoms with Gasteiger partial charge < -0.3 is 0 Å². The van der Waals surface area contributed by atoms with Crippen molar-refractivity contribution in [3.8, 4) is 0 Å². The number of nitrogens with zero attached hydrogens (tertiary/aromatic N) is 2. The molecule has 1 aromatic rings. The third-order valence-electron chi connectivity index (χ3n) is 2.70. The predicted octanol–water partition coefficient (Wildman–Crippen LogP) is 1.25. The number of hydrogen-bond acceptors (Lipinski definition) is 4. The molecule has 1 aromatic carbocycles. The summed E-state index contributed by atoms with van der Waals surface area (Å²) in [4.78, 5) is 10.0. The van der Waals surface area contributed by atoms with Gasteiger partial charge in [-0.3, -0.25) is 10.1 Å². The lowest BCUT2D eigenvalue weighted by Crippen LogP contribution is -2.43. The summed E-state index contributed by atoms with van der Waals surface area (Å²) in [5.41, 5.74) is 1.88. The highest BCUT2D eigenvalue weighted by atomic mass is 32.2. The van der Waals surface area contributed by atoms with Gasteiger partial charge in [-0.05, 0) is 23.3 Å². The van der Waals surface area contributed by atoms with Crippen molar-refractivity contribution >= 4 is 21.8 Å². The molecule has 1 saturated heterocycles. The van der Waals surface area contributed by atoms with Crippen LogP contribution in [0.3, 0.4) is 0 Å². The Morgan fingerprint density at radius 3 is 2.28 bits per heavy atom. The van der Waals surface area contributed by atoms with Gasteiger partial charge in [-0.2, -0.15) is 4.31 Å². The van der Waals surface area contributed by atoms with E-state index in [4.69, 9.17) is 0 Å². The fourth-order valence-corrected chi connectivity index (χ4v) is 2.46. The minimum atomic E-state index is -3.11. The summed E-state index contributed by atoms with van der Waals surface area (Å²) in [5.74, 6) is 0. The lowest BCUT2D eigenvalue weighted by atomic mass is 10.1. The first kappa shape index (κ1) is 12.7. The van der Waals surface area contributed by atoms with Gasteiger partial charge in [0.05, 0.1) is 11.2 Å². The molecule has 0 N–H and O–H groups in total. The summed E-state index contributed by atoms with van der Waals surface area (Å²) in [5, 5.41) is 10.5. The maximum Gasteiger partial charge on any atom is 0.269 e. The van der Waals surface area contributed by atoms with Gasteiger partial charge >= 0.3 is 0 Å². The summed E-state index contributed by atoms with van der Waals surface area (Å²) < 4.78 is 23.7. The van der Waals surface area contributed by atoms with Gasteiger partial charge in [-0.1, -0.05) is 6.08 Å². The van der Waals surface area contributed by atoms with Gasteiger partial charge in [0.15, 0.2) is 0 Å². The second kappa shape index (κ2) is 4.51. The zero-order valence-electron chi connectivity index (χ0n) is 9.74. The van der Waals surface area contributed by atoms with E-state index in [1.54, 1.807) is 12.1 Å². The molecule has 0 aliphatic carbocycles. The first-order chi connectivity index (χ1) is 8.36. The van der Waals surface area contributed by atoms with Gasteiger partial charge in [-0.25, -0.2) is 8.42 Å². The number of hydrogen-bond donors (Lipinski definition) is 0. The zero-order valence-corrected chi connectivity index (χ0v) is 10.6. The topological polar surface area (TPSA) is 80.5 Å². The molecule has 0 spiro atoms. The number of nitro groups is 1. The molecule has 0 atom stereocenters. The first-order valence-electron chi connectivity index (χ1n) is 5.25. The maximum absolute atomic E-state index is 11.2. The van der Waals surface area contributed by atoms with Crippen LogP contribution in [0.2, 0.25) is 0 Å². The number of benzene rings is 1. The van der Waals surface area contributed by atoms with E-state index in [0.29, 0.717) is 13.1 Å². The van der Waals surface area contributed by atoms with Gasteiger partial charge in [0.1, 0.15) is 0 Å². The van der Waals surface area contributed by atoms with Crippen molar-refractivity contribution in [1.82, 2.24) is 4.31 Å². The Morgan fingerprint density at radius 1 is 1.28 bits per heavy atom. The quantitative estimate of drug-likeness (QED) is 0.610. The highest BCUT2D eigenvalue weighted by Crippen LogP contribution is 2.21. The van der Waals surface area contributed by atoms with Gasteiger partial charge in [0.2, 0.25) is 10.0 Å². The second-order valence-corrected chi connectivity index (χ2v) is 6.16. The van der Waals surface area contributed by atoms with Gasteiger partial charge in [0.25, 0.3) is 5.69 Å². The fourth-order valence-electron chi connectivity index (χ4n) is 1.66. The molecule has 1 fully saturated rings. The average Bonchev–Trinajstić information content (AvgIpc) is 2.21. The molecule has 6 nitrogen and oxygen atoms in total. The smallest absolute Gasteiger partial charge is 0.258 e. The Labute approximate surface area is 105 Å². The molecular formula is C11H12N2O4S. The standard InChI is InChI=1S/C11H12N2O4S/c1-18(16,17)12-7-10(8-12)6-9-2-4-11(5-3-9)13(14)15/h2-6H,7-8H2,1H3. The van der Waals surface area contributed by atoms with Crippen LogP contribution in [0.1, 0.15) is 5.56 Å². The van der Waals surface area contributed by atoms with Crippen LogP contribution < -0.4 is 0 Å². The number of sulfonamides is 1. The monoisotopic (exact) mass is 268 g/mol. The van der Waals surface area contributed by atoms with Gasteiger partial charge in [0, 0.05) is 25.2 Å². The highest BCUT2D eigenvalue weighted by Gasteiger charge is 2.27. The first-order valence-corrected chi connectivity index (χ1v) is 7.10. The molecule has 18 heavy (non-hydrogen) atoms. The molecule has 7 heteroatoms. The van der Waals surface area contributed by atoms with Crippen molar-refractivity contribution < 1.29 is 13.3 Å². The van der Waals surface area contributed by atoms with Crippen molar-refractivity contribution in [1.29, 1.82) is 0 Å². The summed E-state index contributed by atoms with van der Waals surface area (Å²) in [6, 6.07) is 6.15. The van der Waals surface area contributed by atoms with Crippen LogP contribution in [-0.4, -0.2) is 37.0 Å². The summed E-state index contributed by atoms with van der Waals surface area (Å²) >= 11 is 0. The van der Waals surface area contributed by atoms with E-state index in [0.717, 1.165) is 11.1 Å². The van der Waals surface area contributed by atoms with Crippen molar-refractivity contribution in [3.05, 3.63) is 45.5 Å². The van der Waals surface area contributed by atoms with Crippen LogP contribution in [0.4, 0.5) is 5.69 Å². The molecule has 1 aliphatic rings. The van der Waals surface area contributed by atoms with Crippen LogP contribution in [0.5, 0.6) is 0 Å². The molecular weight excluding hydrogens is 256 g/mol. The predicted molar refractivity (Wildman–Crippen MR) is 67.5 cm³/mol. The Balaban J connectivity index is 2.06. The lowest BCUT2D eigenvalue weighted by Gasteiger charge is -2.31. The molecule has 0 radical (unpaired) electrons. The van der Waals surface area contributed by atoms with E-state index in [9.17, 15) is 18.5 Å². The molecule has 0 unspecified atom stereocenters. The van der Waals surface area contributed by atoms with E-state index in [2.05, 4.69) is 0 Å². The number of nitro benzene ring substituents is 1. The molecule has 0 aromatic heterocycles. The van der Waals surface area contributed by atoms with E-state index >= 15 is 0 Å². The molecule has 1 aliphatic heterocycles. The van der Waals surface area contributed by atoms with Crippen LogP contribution in [-0.2, 0) is 10.0 Å². The van der Waals surface area contributed by atoms with E-state index < -0.39 is 14.9 Å². The van der Waals surface area contributed by atoms with Crippen LogP contribution in [0, 0.1) is 10.1 Å².